The summed E-state index contributed by atoms with van der Waals surface area (Å²) >= 11 is 0. The molecule has 0 aromatic heterocycles. The van der Waals surface area contributed by atoms with Crippen LogP contribution in [0.5, 0.6) is 0 Å². The molecule has 4 heteroatoms. The van der Waals surface area contributed by atoms with Gasteiger partial charge < -0.3 is 4.74 Å². The van der Waals surface area contributed by atoms with Crippen molar-refractivity contribution in [3.8, 4) is 0 Å². The minimum atomic E-state index is 0.436. The Morgan fingerprint density at radius 2 is 1.29 bits per heavy atom. The van der Waals surface area contributed by atoms with Crippen LogP contribution in [-0.2, 0) is 4.74 Å². The molecule has 0 aromatic rings. The monoisotopic (exact) mass is 515 g/mol. The van der Waals surface area contributed by atoms with E-state index in [1.807, 2.05) is 21.8 Å². The predicted molar refractivity (Wildman–Crippen MR) is 161 cm³/mol. The van der Waals surface area contributed by atoms with Crippen molar-refractivity contribution >= 4 is 21.8 Å². The lowest BCUT2D eigenvalue weighted by atomic mass is 9.98. The van der Waals surface area contributed by atoms with E-state index in [-0.39, 0.29) is 0 Å². The molecule has 0 N–H and O–H groups in total. The smallest absolute Gasteiger partial charge is 0.0674 e. The number of hydrogen-bond donors (Lipinski definition) is 0. The molecule has 0 amide bonds. The summed E-state index contributed by atoms with van der Waals surface area (Å²) in [5.41, 5.74) is 0. The lowest BCUT2D eigenvalue weighted by Crippen LogP contribution is -2.17. The van der Waals surface area contributed by atoms with E-state index in [4.69, 9.17) is 4.74 Å². The molecule has 0 bridgehead atoms. The van der Waals surface area contributed by atoms with E-state index in [1.165, 1.54) is 122 Å². The average molecular weight is 516 g/mol. The second-order valence-electron chi connectivity index (χ2n) is 10.4. The van der Waals surface area contributed by atoms with Gasteiger partial charge in [0.05, 0.1) is 6.10 Å². The molecule has 0 heterocycles. The van der Waals surface area contributed by atoms with E-state index < -0.39 is 0 Å². The van der Waals surface area contributed by atoms with Crippen molar-refractivity contribution in [2.45, 2.75) is 149 Å². The molecular formula is C30H61NOS2. The van der Waals surface area contributed by atoms with Gasteiger partial charge in [-0.1, -0.05) is 134 Å². The molecule has 204 valence electrons. The number of allylic oxidation sites excluding steroid dienone is 2. The van der Waals surface area contributed by atoms with Gasteiger partial charge in [0.25, 0.3) is 0 Å². The highest BCUT2D eigenvalue weighted by Crippen LogP contribution is 2.26. The number of hydrogen-bond acceptors (Lipinski definition) is 4. The molecular weight excluding hydrogens is 454 g/mol. The SMILES string of the molecule is CCCCCC=CCC(C)CCCCCCCCOC(CCCCCCCC)CSSN(C)C. The van der Waals surface area contributed by atoms with Crippen molar-refractivity contribution in [2.24, 2.45) is 5.92 Å². The summed E-state index contributed by atoms with van der Waals surface area (Å²) in [5, 5.41) is 0. The normalized spacial score (nSPS) is 13.8. The molecule has 0 rings (SSSR count). The zero-order chi connectivity index (χ0) is 25.1. The Hall–Kier alpha value is 0.360. The molecule has 2 unspecified atom stereocenters. The van der Waals surface area contributed by atoms with E-state index in [2.05, 4.69) is 51.3 Å². The van der Waals surface area contributed by atoms with Gasteiger partial charge in [-0.2, -0.15) is 0 Å². The van der Waals surface area contributed by atoms with Crippen molar-refractivity contribution in [3.05, 3.63) is 12.2 Å². The third-order valence-electron chi connectivity index (χ3n) is 6.46. The Labute approximate surface area is 223 Å². The first-order valence-electron chi connectivity index (χ1n) is 14.8. The first kappa shape index (κ1) is 34.4. The van der Waals surface area contributed by atoms with Crippen LogP contribution in [0.25, 0.3) is 0 Å². The molecule has 0 saturated carbocycles. The van der Waals surface area contributed by atoms with Gasteiger partial charge in [0.15, 0.2) is 0 Å². The number of nitrogens with zero attached hydrogens (tertiary/aromatic N) is 1. The van der Waals surface area contributed by atoms with Gasteiger partial charge in [0.2, 0.25) is 0 Å². The van der Waals surface area contributed by atoms with Gasteiger partial charge in [-0.05, 0) is 63.1 Å². The van der Waals surface area contributed by atoms with Gasteiger partial charge in [0.1, 0.15) is 0 Å². The topological polar surface area (TPSA) is 12.5 Å². The first-order valence-corrected chi connectivity index (χ1v) is 17.1. The van der Waals surface area contributed by atoms with E-state index in [0.29, 0.717) is 6.10 Å². The van der Waals surface area contributed by atoms with E-state index in [1.54, 1.807) is 0 Å². The summed E-state index contributed by atoms with van der Waals surface area (Å²) in [5.74, 6) is 1.96. The molecule has 0 aliphatic carbocycles. The van der Waals surface area contributed by atoms with Crippen LogP contribution >= 0.6 is 21.8 Å². The van der Waals surface area contributed by atoms with Crippen LogP contribution in [0.4, 0.5) is 0 Å². The van der Waals surface area contributed by atoms with Crippen molar-refractivity contribution < 1.29 is 4.74 Å². The largest absolute Gasteiger partial charge is 0.377 e. The molecule has 2 nitrogen and oxygen atoms in total. The van der Waals surface area contributed by atoms with Gasteiger partial charge >= 0.3 is 0 Å². The fourth-order valence-corrected chi connectivity index (χ4v) is 6.16. The first-order chi connectivity index (χ1) is 16.6. The van der Waals surface area contributed by atoms with Gasteiger partial charge in [-0.25, -0.2) is 4.31 Å². The Morgan fingerprint density at radius 1 is 0.706 bits per heavy atom. The summed E-state index contributed by atoms with van der Waals surface area (Å²) in [7, 11) is 8.02. The standard InChI is InChI=1S/C30H61NOS2/c1-6-8-10-12-16-20-24-29(3)25-21-17-14-15-19-23-27-32-30(28-33-34-31(4)5)26-22-18-13-11-9-7-2/h16,20,29-30H,6-15,17-19,21-28H2,1-5H3. The van der Waals surface area contributed by atoms with Crippen LogP contribution in [0.3, 0.4) is 0 Å². The zero-order valence-electron chi connectivity index (χ0n) is 23.8. The van der Waals surface area contributed by atoms with Crippen molar-refractivity contribution in [1.82, 2.24) is 4.31 Å². The van der Waals surface area contributed by atoms with Gasteiger partial charge in [-0.3, -0.25) is 0 Å². The Kier molecular flexibility index (Phi) is 28.2. The fraction of sp³-hybridized carbons (Fsp3) is 0.933. The minimum absolute atomic E-state index is 0.436. The van der Waals surface area contributed by atoms with Crippen LogP contribution in [0, 0.1) is 5.92 Å². The summed E-state index contributed by atoms with van der Waals surface area (Å²) < 4.78 is 8.50. The third-order valence-corrected chi connectivity index (χ3v) is 8.99. The Bertz CT molecular complexity index is 417. The van der Waals surface area contributed by atoms with E-state index >= 15 is 0 Å². The summed E-state index contributed by atoms with van der Waals surface area (Å²) in [6.45, 7) is 7.94. The molecule has 0 saturated heterocycles. The molecule has 2 atom stereocenters. The number of unbranched alkanes of at least 4 members (excludes halogenated alkanes) is 13. The highest BCUT2D eigenvalue weighted by atomic mass is 33.1. The predicted octanol–water partition coefficient (Wildman–Crippen LogP) is 10.9. The third kappa shape index (κ3) is 27.0. The van der Waals surface area contributed by atoms with Crippen LogP contribution in [0.2, 0.25) is 0 Å². The quantitative estimate of drug-likeness (QED) is 0.0466. The maximum absolute atomic E-state index is 6.32. The summed E-state index contributed by atoms with van der Waals surface area (Å²) in [4.78, 5) is 0. The van der Waals surface area contributed by atoms with Crippen molar-refractivity contribution in [1.29, 1.82) is 0 Å². The molecule has 0 fully saturated rings. The highest BCUT2D eigenvalue weighted by molar-refractivity contribution is 8.75. The molecule has 34 heavy (non-hydrogen) atoms. The minimum Gasteiger partial charge on any atom is -0.377 e. The zero-order valence-corrected chi connectivity index (χ0v) is 25.5. The number of ether oxygens (including phenoxy) is 1. The molecule has 0 radical (unpaired) electrons. The maximum atomic E-state index is 6.32. The van der Waals surface area contributed by atoms with E-state index in [9.17, 15) is 0 Å². The second-order valence-corrected chi connectivity index (χ2v) is 13.0. The highest BCUT2D eigenvalue weighted by Gasteiger charge is 2.10. The molecule has 0 aromatic carbocycles. The van der Waals surface area contributed by atoms with Gasteiger partial charge in [-0.15, -0.1) is 0 Å². The van der Waals surface area contributed by atoms with Gasteiger partial charge in [0, 0.05) is 12.4 Å². The van der Waals surface area contributed by atoms with Crippen molar-refractivity contribution in [3.63, 3.8) is 0 Å². The Morgan fingerprint density at radius 3 is 1.97 bits per heavy atom. The molecule has 0 spiro atoms. The van der Waals surface area contributed by atoms with Crippen LogP contribution in [-0.4, -0.2) is 36.9 Å². The van der Waals surface area contributed by atoms with Crippen LogP contribution < -0.4 is 0 Å². The summed E-state index contributed by atoms with van der Waals surface area (Å²) in [6.07, 6.45) is 30.9. The Balaban J connectivity index is 3.71. The summed E-state index contributed by atoms with van der Waals surface area (Å²) in [6, 6.07) is 0. The van der Waals surface area contributed by atoms with Crippen molar-refractivity contribution in [2.75, 3.05) is 26.5 Å². The van der Waals surface area contributed by atoms with E-state index in [0.717, 1.165) is 18.3 Å². The van der Waals surface area contributed by atoms with Crippen LogP contribution in [0.15, 0.2) is 12.2 Å². The fourth-order valence-electron chi connectivity index (χ4n) is 4.21. The molecule has 0 aliphatic rings. The lowest BCUT2D eigenvalue weighted by Gasteiger charge is -2.18. The average Bonchev–Trinajstić information content (AvgIpc) is 2.81. The maximum Gasteiger partial charge on any atom is 0.0674 e. The number of rotatable bonds is 27. The van der Waals surface area contributed by atoms with Crippen LogP contribution in [0.1, 0.15) is 143 Å². The second kappa shape index (κ2) is 27.9. The molecule has 0 aliphatic heterocycles. The lowest BCUT2D eigenvalue weighted by molar-refractivity contribution is 0.0590.